The van der Waals surface area contributed by atoms with Crippen LogP contribution in [0.3, 0.4) is 0 Å². The molecule has 22 heavy (non-hydrogen) atoms. The molecule has 0 saturated heterocycles. The van der Waals surface area contributed by atoms with Crippen molar-refractivity contribution >= 4 is 6.09 Å². The van der Waals surface area contributed by atoms with Gasteiger partial charge in [-0.05, 0) is 49.7 Å². The molecule has 1 aromatic rings. The Morgan fingerprint density at radius 3 is 2.77 bits per heavy atom. The summed E-state index contributed by atoms with van der Waals surface area (Å²) >= 11 is 0. The first-order valence-corrected chi connectivity index (χ1v) is 7.89. The van der Waals surface area contributed by atoms with Gasteiger partial charge in [-0.1, -0.05) is 25.1 Å². The van der Waals surface area contributed by atoms with Gasteiger partial charge in [-0.2, -0.15) is 0 Å². The van der Waals surface area contributed by atoms with E-state index in [-0.39, 0.29) is 5.82 Å². The van der Waals surface area contributed by atoms with Gasteiger partial charge in [0.1, 0.15) is 5.82 Å². The first kappa shape index (κ1) is 15.3. The van der Waals surface area contributed by atoms with Gasteiger partial charge in [-0.25, -0.2) is 9.18 Å². The molecule has 2 saturated carbocycles. The molecule has 2 aliphatic carbocycles. The van der Waals surface area contributed by atoms with Gasteiger partial charge in [0, 0.05) is 5.41 Å². The van der Waals surface area contributed by atoms with Crippen LogP contribution in [0.5, 0.6) is 0 Å². The normalized spacial score (nSPS) is 34.6. The fourth-order valence-electron chi connectivity index (χ4n) is 4.96. The standard InChI is InChI=1S/C17H22FNO3/c1-2-14(20)17(19-15(21)22)10-11-7-8-16(17,9-11)12-5-3-4-6-13(12)18/h3-6,11,14,19-20H,2,7-10H2,1H3,(H,21,22)/t11?,14?,16-,17+/m0/s1. The summed E-state index contributed by atoms with van der Waals surface area (Å²) in [5, 5.41) is 22.6. The molecule has 2 unspecified atom stereocenters. The summed E-state index contributed by atoms with van der Waals surface area (Å²) in [6.07, 6.45) is 1.41. The summed E-state index contributed by atoms with van der Waals surface area (Å²) in [7, 11) is 0. The van der Waals surface area contributed by atoms with Crippen LogP contribution in [0.4, 0.5) is 9.18 Å². The highest BCUT2D eigenvalue weighted by Crippen LogP contribution is 2.62. The van der Waals surface area contributed by atoms with E-state index in [4.69, 9.17) is 0 Å². The van der Waals surface area contributed by atoms with Crippen LogP contribution in [0.2, 0.25) is 0 Å². The van der Waals surface area contributed by atoms with Crippen molar-refractivity contribution in [3.63, 3.8) is 0 Å². The first-order chi connectivity index (χ1) is 10.4. The van der Waals surface area contributed by atoms with Crippen molar-refractivity contribution < 1.29 is 19.4 Å². The lowest BCUT2D eigenvalue weighted by atomic mass is 9.61. The van der Waals surface area contributed by atoms with Gasteiger partial charge >= 0.3 is 6.09 Å². The van der Waals surface area contributed by atoms with Crippen molar-refractivity contribution in [2.24, 2.45) is 5.92 Å². The van der Waals surface area contributed by atoms with E-state index in [0.717, 1.165) is 12.8 Å². The number of aliphatic hydroxyl groups is 1. The number of amides is 1. The molecule has 4 atom stereocenters. The van der Waals surface area contributed by atoms with Gasteiger partial charge in [0.05, 0.1) is 11.6 Å². The Morgan fingerprint density at radius 1 is 1.45 bits per heavy atom. The number of benzene rings is 1. The number of aliphatic hydroxyl groups excluding tert-OH is 1. The maximum absolute atomic E-state index is 14.5. The Hall–Kier alpha value is -1.62. The third kappa shape index (κ3) is 1.95. The largest absolute Gasteiger partial charge is 0.465 e. The van der Waals surface area contributed by atoms with Crippen LogP contribution in [0.1, 0.15) is 44.6 Å². The summed E-state index contributed by atoms with van der Waals surface area (Å²) in [4.78, 5) is 11.4. The smallest absolute Gasteiger partial charge is 0.405 e. The van der Waals surface area contributed by atoms with E-state index < -0.39 is 23.2 Å². The van der Waals surface area contributed by atoms with E-state index in [9.17, 15) is 19.4 Å². The number of halogens is 1. The zero-order chi connectivity index (χ0) is 16.0. The number of hydrogen-bond donors (Lipinski definition) is 3. The van der Waals surface area contributed by atoms with Crippen LogP contribution in [0.15, 0.2) is 24.3 Å². The van der Waals surface area contributed by atoms with Crippen LogP contribution < -0.4 is 5.32 Å². The van der Waals surface area contributed by atoms with E-state index >= 15 is 0 Å². The second-order valence-electron chi connectivity index (χ2n) is 6.70. The van der Waals surface area contributed by atoms with Crippen LogP contribution in [0.25, 0.3) is 0 Å². The quantitative estimate of drug-likeness (QED) is 0.801. The summed E-state index contributed by atoms with van der Waals surface area (Å²) in [5.41, 5.74) is -1.12. The predicted molar refractivity (Wildman–Crippen MR) is 80.2 cm³/mol. The first-order valence-electron chi connectivity index (χ1n) is 7.89. The molecule has 1 amide bonds. The molecule has 0 radical (unpaired) electrons. The van der Waals surface area contributed by atoms with Gasteiger partial charge in [-0.15, -0.1) is 0 Å². The lowest BCUT2D eigenvalue weighted by Crippen LogP contribution is -2.66. The lowest BCUT2D eigenvalue weighted by Gasteiger charge is -2.49. The predicted octanol–water partition coefficient (Wildman–Crippen LogP) is 3.04. The molecule has 2 aliphatic rings. The second kappa shape index (κ2) is 5.23. The Labute approximate surface area is 129 Å². The average molecular weight is 307 g/mol. The lowest BCUT2D eigenvalue weighted by molar-refractivity contribution is 0.00526. The maximum Gasteiger partial charge on any atom is 0.405 e. The maximum atomic E-state index is 14.5. The van der Waals surface area contributed by atoms with Crippen molar-refractivity contribution in [2.45, 2.75) is 56.1 Å². The summed E-state index contributed by atoms with van der Waals surface area (Å²) in [5.74, 6) is 0.0116. The van der Waals surface area contributed by atoms with Crippen molar-refractivity contribution in [1.82, 2.24) is 5.32 Å². The SMILES string of the molecule is CCC(O)[C@]1(NC(=O)O)CC2CC[C@@]1(c1ccccc1F)C2. The Balaban J connectivity index is 2.17. The minimum atomic E-state index is -1.16. The Bertz CT molecular complexity index is 593. The number of hydrogen-bond acceptors (Lipinski definition) is 2. The molecule has 3 N–H and O–H groups in total. The fraction of sp³-hybridized carbons (Fsp3) is 0.588. The molecule has 3 rings (SSSR count). The average Bonchev–Trinajstić information content (AvgIpc) is 3.03. The fourth-order valence-corrected chi connectivity index (χ4v) is 4.96. The molecular formula is C17H22FNO3. The van der Waals surface area contributed by atoms with Crippen molar-refractivity contribution in [3.05, 3.63) is 35.6 Å². The van der Waals surface area contributed by atoms with Crippen LogP contribution in [-0.2, 0) is 5.41 Å². The molecule has 5 heteroatoms. The minimum Gasteiger partial charge on any atom is -0.465 e. The molecule has 4 nitrogen and oxygen atoms in total. The van der Waals surface area contributed by atoms with Gasteiger partial charge < -0.3 is 15.5 Å². The third-order valence-electron chi connectivity index (χ3n) is 5.76. The van der Waals surface area contributed by atoms with Gasteiger partial charge in [0.2, 0.25) is 0 Å². The van der Waals surface area contributed by atoms with Crippen molar-refractivity contribution in [2.75, 3.05) is 0 Å². The number of nitrogens with one attached hydrogen (secondary N) is 1. The van der Waals surface area contributed by atoms with E-state index in [0.29, 0.717) is 30.7 Å². The van der Waals surface area contributed by atoms with Crippen molar-refractivity contribution in [3.8, 4) is 0 Å². The van der Waals surface area contributed by atoms with Crippen LogP contribution >= 0.6 is 0 Å². The minimum absolute atomic E-state index is 0.315. The topological polar surface area (TPSA) is 69.6 Å². The number of rotatable bonds is 4. The monoisotopic (exact) mass is 307 g/mol. The Morgan fingerprint density at radius 2 is 2.18 bits per heavy atom. The molecule has 0 heterocycles. The number of carbonyl (C=O) groups is 1. The highest BCUT2D eigenvalue weighted by atomic mass is 19.1. The molecule has 1 aromatic carbocycles. The third-order valence-corrected chi connectivity index (χ3v) is 5.76. The molecule has 2 bridgehead atoms. The van der Waals surface area contributed by atoms with Gasteiger partial charge in [0.15, 0.2) is 0 Å². The molecular weight excluding hydrogens is 285 g/mol. The highest BCUT2D eigenvalue weighted by Gasteiger charge is 2.66. The van der Waals surface area contributed by atoms with Crippen molar-refractivity contribution in [1.29, 1.82) is 0 Å². The summed E-state index contributed by atoms with van der Waals surface area (Å²) in [6.45, 7) is 1.83. The molecule has 120 valence electrons. The summed E-state index contributed by atoms with van der Waals surface area (Å²) < 4.78 is 14.5. The Kier molecular flexibility index (Phi) is 3.63. The molecule has 0 aromatic heterocycles. The number of fused-ring (bicyclic) bond motifs is 2. The van der Waals surface area contributed by atoms with E-state index in [2.05, 4.69) is 5.32 Å². The van der Waals surface area contributed by atoms with Gasteiger partial charge in [-0.3, -0.25) is 0 Å². The zero-order valence-corrected chi connectivity index (χ0v) is 12.7. The zero-order valence-electron chi connectivity index (χ0n) is 12.7. The number of carboxylic acid groups (broad SMARTS) is 1. The van der Waals surface area contributed by atoms with E-state index in [1.54, 1.807) is 18.2 Å². The highest BCUT2D eigenvalue weighted by molar-refractivity contribution is 5.67. The summed E-state index contributed by atoms with van der Waals surface area (Å²) in [6, 6.07) is 6.57. The molecule has 2 fully saturated rings. The van der Waals surface area contributed by atoms with Gasteiger partial charge in [0.25, 0.3) is 0 Å². The molecule has 0 spiro atoms. The van der Waals surface area contributed by atoms with Crippen LogP contribution in [0, 0.1) is 11.7 Å². The van der Waals surface area contributed by atoms with Crippen LogP contribution in [-0.4, -0.2) is 27.9 Å². The molecule has 0 aliphatic heterocycles. The van der Waals surface area contributed by atoms with E-state index in [1.807, 2.05) is 6.92 Å². The van der Waals surface area contributed by atoms with E-state index in [1.165, 1.54) is 6.07 Å². The second-order valence-corrected chi connectivity index (χ2v) is 6.70.